The fourth-order valence-corrected chi connectivity index (χ4v) is 5.77. The first kappa shape index (κ1) is 18.5. The van der Waals surface area contributed by atoms with Crippen molar-refractivity contribution in [3.05, 3.63) is 34.9 Å². The van der Waals surface area contributed by atoms with E-state index < -0.39 is 0 Å². The van der Waals surface area contributed by atoms with Crippen LogP contribution in [0, 0.1) is 0 Å². The largest absolute Gasteiger partial charge is 0.356 e. The molecule has 152 valence electrons. The molecule has 29 heavy (non-hydrogen) atoms. The maximum Gasteiger partial charge on any atom is 0.231 e. The summed E-state index contributed by atoms with van der Waals surface area (Å²) in [6.07, 6.45) is 10.0. The Morgan fingerprint density at radius 2 is 2.00 bits per heavy atom. The van der Waals surface area contributed by atoms with Crippen molar-refractivity contribution in [2.24, 2.45) is 0 Å². The highest BCUT2D eigenvalue weighted by Crippen LogP contribution is 2.43. The van der Waals surface area contributed by atoms with E-state index in [2.05, 4.69) is 36.7 Å². The first-order chi connectivity index (χ1) is 14.3. The number of amides is 1. The molecule has 2 fully saturated rings. The number of carbonyl (C=O) groups excluding carboxylic acids is 1. The number of anilines is 1. The highest BCUT2D eigenvalue weighted by atomic mass is 32.1. The maximum atomic E-state index is 13.1. The Kier molecular flexibility index (Phi) is 4.95. The molecule has 0 atom stereocenters. The van der Waals surface area contributed by atoms with Crippen LogP contribution in [0.5, 0.6) is 0 Å². The van der Waals surface area contributed by atoms with Gasteiger partial charge < -0.3 is 10.2 Å². The van der Waals surface area contributed by atoms with Crippen LogP contribution >= 0.6 is 11.3 Å². The zero-order valence-electron chi connectivity index (χ0n) is 16.5. The lowest BCUT2D eigenvalue weighted by Gasteiger charge is -2.26. The summed E-state index contributed by atoms with van der Waals surface area (Å²) in [5.74, 6) is 1.13. The second-order valence-electron chi connectivity index (χ2n) is 8.02. The van der Waals surface area contributed by atoms with Gasteiger partial charge in [-0.1, -0.05) is 18.9 Å². The number of carbonyl (C=O) groups is 1. The molecule has 0 radical (unpaired) electrons. The standard InChI is InChI=1S/C21H26N6OS/c28-20(21(7-1-2-8-21)17-6-5-13-29-17)22-9-12-27-19-16(14-25-27)18(23-15-24-19)26-10-3-4-11-26/h5-6,13-15H,1-4,7-12H2,(H,22,28). The zero-order valence-corrected chi connectivity index (χ0v) is 17.3. The van der Waals surface area contributed by atoms with Crippen LogP contribution in [0.25, 0.3) is 11.0 Å². The average molecular weight is 411 g/mol. The van der Waals surface area contributed by atoms with Gasteiger partial charge in [-0.25, -0.2) is 14.6 Å². The predicted molar refractivity (Wildman–Crippen MR) is 114 cm³/mol. The third kappa shape index (κ3) is 3.29. The summed E-state index contributed by atoms with van der Waals surface area (Å²) >= 11 is 1.69. The average Bonchev–Trinajstić information content (AvgIpc) is 3.55. The summed E-state index contributed by atoms with van der Waals surface area (Å²) in [4.78, 5) is 25.6. The minimum Gasteiger partial charge on any atom is -0.356 e. The third-order valence-electron chi connectivity index (χ3n) is 6.31. The van der Waals surface area contributed by atoms with Crippen molar-refractivity contribution in [2.45, 2.75) is 50.5 Å². The number of fused-ring (bicyclic) bond motifs is 1. The van der Waals surface area contributed by atoms with Crippen molar-refractivity contribution < 1.29 is 4.79 Å². The van der Waals surface area contributed by atoms with E-state index in [0.717, 1.165) is 55.6 Å². The number of hydrogen-bond acceptors (Lipinski definition) is 6. The van der Waals surface area contributed by atoms with Crippen LogP contribution in [0.1, 0.15) is 43.4 Å². The van der Waals surface area contributed by atoms with Gasteiger partial charge in [-0.05, 0) is 37.1 Å². The molecule has 0 spiro atoms. The Hall–Kier alpha value is -2.48. The predicted octanol–water partition coefficient (Wildman–Crippen LogP) is 3.12. The molecule has 4 heterocycles. The van der Waals surface area contributed by atoms with Crippen LogP contribution < -0.4 is 10.2 Å². The molecular weight excluding hydrogens is 384 g/mol. The fraction of sp³-hybridized carbons (Fsp3) is 0.524. The Morgan fingerprint density at radius 1 is 1.17 bits per heavy atom. The number of hydrogen-bond donors (Lipinski definition) is 1. The second kappa shape index (κ2) is 7.74. The fourth-order valence-electron chi connectivity index (χ4n) is 4.78. The van der Waals surface area contributed by atoms with Crippen molar-refractivity contribution in [1.29, 1.82) is 0 Å². The molecular formula is C21H26N6OS. The van der Waals surface area contributed by atoms with E-state index in [1.165, 1.54) is 17.7 Å². The van der Waals surface area contributed by atoms with E-state index in [0.29, 0.717) is 13.1 Å². The molecule has 0 aromatic carbocycles. The SMILES string of the molecule is O=C(NCCn1ncc2c(N3CCCC3)ncnc21)C1(c2cccs2)CCCC1. The minimum atomic E-state index is -0.342. The Balaban J connectivity index is 1.29. The molecule has 3 aromatic rings. The van der Waals surface area contributed by atoms with E-state index in [9.17, 15) is 4.79 Å². The Labute approximate surface area is 174 Å². The molecule has 1 aliphatic carbocycles. The summed E-state index contributed by atoms with van der Waals surface area (Å²) in [5, 5.41) is 10.8. The lowest BCUT2D eigenvalue weighted by molar-refractivity contribution is -0.126. The van der Waals surface area contributed by atoms with E-state index >= 15 is 0 Å². The van der Waals surface area contributed by atoms with E-state index in [-0.39, 0.29) is 11.3 Å². The molecule has 2 aliphatic rings. The first-order valence-corrected chi connectivity index (χ1v) is 11.4. The Bertz CT molecular complexity index is 986. The van der Waals surface area contributed by atoms with Gasteiger partial charge in [0.05, 0.1) is 23.5 Å². The van der Waals surface area contributed by atoms with Gasteiger partial charge in [0, 0.05) is 24.5 Å². The van der Waals surface area contributed by atoms with Crippen molar-refractivity contribution in [3.8, 4) is 0 Å². The lowest BCUT2D eigenvalue weighted by Crippen LogP contribution is -2.43. The molecule has 0 bridgehead atoms. The van der Waals surface area contributed by atoms with Gasteiger partial charge in [0.1, 0.15) is 12.1 Å². The van der Waals surface area contributed by atoms with Crippen molar-refractivity contribution in [3.63, 3.8) is 0 Å². The lowest BCUT2D eigenvalue weighted by atomic mass is 9.83. The first-order valence-electron chi connectivity index (χ1n) is 10.5. The number of thiophene rings is 1. The highest BCUT2D eigenvalue weighted by molar-refractivity contribution is 7.10. The number of nitrogens with zero attached hydrogens (tertiary/aromatic N) is 5. The van der Waals surface area contributed by atoms with Crippen LogP contribution in [0.4, 0.5) is 5.82 Å². The van der Waals surface area contributed by atoms with Crippen LogP contribution in [0.2, 0.25) is 0 Å². The van der Waals surface area contributed by atoms with Crippen LogP contribution in [0.3, 0.4) is 0 Å². The quantitative estimate of drug-likeness (QED) is 0.676. The van der Waals surface area contributed by atoms with Gasteiger partial charge in [0.2, 0.25) is 5.91 Å². The van der Waals surface area contributed by atoms with Crippen molar-refractivity contribution >= 4 is 34.1 Å². The molecule has 5 rings (SSSR count). The van der Waals surface area contributed by atoms with Gasteiger partial charge in [-0.3, -0.25) is 4.79 Å². The van der Waals surface area contributed by atoms with Gasteiger partial charge >= 0.3 is 0 Å². The Morgan fingerprint density at radius 3 is 2.76 bits per heavy atom. The molecule has 1 saturated carbocycles. The van der Waals surface area contributed by atoms with Crippen LogP contribution in [-0.2, 0) is 16.8 Å². The van der Waals surface area contributed by atoms with E-state index in [4.69, 9.17) is 0 Å². The molecule has 0 unspecified atom stereocenters. The highest BCUT2D eigenvalue weighted by Gasteiger charge is 2.43. The number of aromatic nitrogens is 4. The van der Waals surface area contributed by atoms with Crippen molar-refractivity contribution in [1.82, 2.24) is 25.1 Å². The molecule has 8 heteroatoms. The molecule has 1 amide bonds. The monoisotopic (exact) mass is 410 g/mol. The summed E-state index contributed by atoms with van der Waals surface area (Å²) in [5.41, 5.74) is 0.496. The van der Waals surface area contributed by atoms with Gasteiger partial charge in [0.15, 0.2) is 5.65 Å². The topological polar surface area (TPSA) is 75.9 Å². The number of rotatable bonds is 6. The van der Waals surface area contributed by atoms with E-state index in [1.54, 1.807) is 17.7 Å². The van der Waals surface area contributed by atoms with Crippen molar-refractivity contribution in [2.75, 3.05) is 24.5 Å². The summed E-state index contributed by atoms with van der Waals surface area (Å²) in [7, 11) is 0. The third-order valence-corrected chi connectivity index (χ3v) is 7.39. The number of nitrogens with one attached hydrogen (secondary N) is 1. The second-order valence-corrected chi connectivity index (χ2v) is 8.97. The molecule has 1 saturated heterocycles. The normalized spacial score (nSPS) is 18.6. The zero-order chi connectivity index (χ0) is 19.7. The molecule has 1 N–H and O–H groups in total. The van der Waals surface area contributed by atoms with Crippen LogP contribution in [0.15, 0.2) is 30.0 Å². The summed E-state index contributed by atoms with van der Waals surface area (Å²) < 4.78 is 1.88. The molecule has 1 aliphatic heterocycles. The minimum absolute atomic E-state index is 0.154. The summed E-state index contributed by atoms with van der Waals surface area (Å²) in [6.45, 7) is 3.23. The van der Waals surface area contributed by atoms with Gasteiger partial charge in [-0.2, -0.15) is 5.10 Å². The molecule has 3 aromatic heterocycles. The molecule has 7 nitrogen and oxygen atoms in total. The van der Waals surface area contributed by atoms with E-state index in [1.807, 2.05) is 16.9 Å². The summed E-state index contributed by atoms with van der Waals surface area (Å²) in [6, 6.07) is 4.15. The van der Waals surface area contributed by atoms with Gasteiger partial charge in [-0.15, -0.1) is 11.3 Å². The van der Waals surface area contributed by atoms with Gasteiger partial charge in [0.25, 0.3) is 0 Å². The smallest absolute Gasteiger partial charge is 0.231 e. The van der Waals surface area contributed by atoms with Crippen LogP contribution in [-0.4, -0.2) is 45.3 Å². The maximum absolute atomic E-state index is 13.1.